The summed E-state index contributed by atoms with van der Waals surface area (Å²) in [5.74, 6) is -0.384. The van der Waals surface area contributed by atoms with Gasteiger partial charge in [-0.2, -0.15) is 0 Å². The van der Waals surface area contributed by atoms with Crippen molar-refractivity contribution in [3.63, 3.8) is 0 Å². The van der Waals surface area contributed by atoms with Crippen molar-refractivity contribution in [2.45, 2.75) is 19.5 Å². The minimum absolute atomic E-state index is 0.0899. The van der Waals surface area contributed by atoms with Gasteiger partial charge in [-0.1, -0.05) is 12.1 Å². The fourth-order valence-corrected chi connectivity index (χ4v) is 2.51. The van der Waals surface area contributed by atoms with Crippen LogP contribution in [-0.4, -0.2) is 22.3 Å². The van der Waals surface area contributed by atoms with E-state index in [1.54, 1.807) is 11.0 Å². The van der Waals surface area contributed by atoms with E-state index in [0.29, 0.717) is 17.7 Å². The van der Waals surface area contributed by atoms with Crippen molar-refractivity contribution in [3.05, 3.63) is 59.2 Å². The van der Waals surface area contributed by atoms with Gasteiger partial charge in [-0.05, 0) is 41.5 Å². The Kier molecular flexibility index (Phi) is 3.63. The second kappa shape index (κ2) is 5.49. The fraction of sp³-hybridized carbons (Fsp3) is 0.188. The van der Waals surface area contributed by atoms with Gasteiger partial charge in [0, 0.05) is 18.7 Å². The highest BCUT2D eigenvalue weighted by atomic mass is 19.4. The van der Waals surface area contributed by atoms with Crippen molar-refractivity contribution in [2.75, 3.05) is 0 Å². The number of carbonyl (C=O) groups excluding carboxylic acids is 1. The number of aromatic hydroxyl groups is 1. The summed E-state index contributed by atoms with van der Waals surface area (Å²) >= 11 is 0. The van der Waals surface area contributed by atoms with Crippen LogP contribution in [0.2, 0.25) is 0 Å². The summed E-state index contributed by atoms with van der Waals surface area (Å²) < 4.78 is 40.1. The molecule has 0 atom stereocenters. The van der Waals surface area contributed by atoms with Crippen molar-refractivity contribution in [3.8, 4) is 11.5 Å². The monoisotopic (exact) mass is 323 g/mol. The number of amides is 1. The molecular formula is C16H12F3NO3. The lowest BCUT2D eigenvalue weighted by Gasteiger charge is -2.16. The van der Waals surface area contributed by atoms with Crippen molar-refractivity contribution >= 4 is 5.91 Å². The lowest BCUT2D eigenvalue weighted by atomic mass is 10.1. The number of benzene rings is 2. The molecule has 0 unspecified atom stereocenters. The number of rotatable bonds is 3. The largest absolute Gasteiger partial charge is 0.573 e. The molecule has 1 aliphatic rings. The Balaban J connectivity index is 1.70. The molecule has 4 nitrogen and oxygen atoms in total. The van der Waals surface area contributed by atoms with E-state index in [0.717, 1.165) is 5.56 Å². The molecule has 0 saturated heterocycles. The van der Waals surface area contributed by atoms with Gasteiger partial charge in [0.15, 0.2) is 0 Å². The third-order valence-electron chi connectivity index (χ3n) is 3.50. The average molecular weight is 323 g/mol. The third kappa shape index (κ3) is 3.39. The van der Waals surface area contributed by atoms with Gasteiger partial charge in [0.25, 0.3) is 5.91 Å². The summed E-state index contributed by atoms with van der Waals surface area (Å²) in [6, 6.07) is 9.93. The SMILES string of the molecule is O=C1c2ccc(O)cc2CN1Cc1ccc(OC(F)(F)F)cc1. The molecule has 7 heteroatoms. The minimum atomic E-state index is -4.73. The molecule has 1 N–H and O–H groups in total. The molecule has 0 fully saturated rings. The number of nitrogens with zero attached hydrogens (tertiary/aromatic N) is 1. The Labute approximate surface area is 129 Å². The summed E-state index contributed by atoms with van der Waals surface area (Å²) in [7, 11) is 0. The summed E-state index contributed by atoms with van der Waals surface area (Å²) in [4.78, 5) is 13.8. The van der Waals surface area contributed by atoms with Gasteiger partial charge >= 0.3 is 6.36 Å². The molecule has 0 spiro atoms. The number of carbonyl (C=O) groups is 1. The van der Waals surface area contributed by atoms with E-state index in [2.05, 4.69) is 4.74 Å². The number of phenolic OH excluding ortho intramolecular Hbond substituents is 1. The number of alkyl halides is 3. The maximum absolute atomic E-state index is 12.2. The van der Waals surface area contributed by atoms with Gasteiger partial charge in [0.2, 0.25) is 0 Å². The van der Waals surface area contributed by atoms with Crippen LogP contribution in [-0.2, 0) is 13.1 Å². The van der Waals surface area contributed by atoms with Crippen molar-refractivity contribution < 1.29 is 27.8 Å². The minimum Gasteiger partial charge on any atom is -0.508 e. The summed E-state index contributed by atoms with van der Waals surface area (Å²) in [6.07, 6.45) is -4.73. The number of phenols is 1. The van der Waals surface area contributed by atoms with Gasteiger partial charge in [-0.15, -0.1) is 13.2 Å². The van der Waals surface area contributed by atoms with E-state index in [1.807, 2.05) is 0 Å². The second-order valence-corrected chi connectivity index (χ2v) is 5.19. The normalized spacial score (nSPS) is 14.0. The fourth-order valence-electron chi connectivity index (χ4n) is 2.51. The molecule has 0 aliphatic carbocycles. The number of ether oxygens (including phenoxy) is 1. The van der Waals surface area contributed by atoms with Crippen molar-refractivity contribution in [2.24, 2.45) is 0 Å². The Bertz CT molecular complexity index is 741. The number of hydrogen-bond acceptors (Lipinski definition) is 3. The summed E-state index contributed by atoms with van der Waals surface area (Å²) in [5, 5.41) is 9.45. The lowest BCUT2D eigenvalue weighted by Crippen LogP contribution is -2.23. The third-order valence-corrected chi connectivity index (χ3v) is 3.50. The van der Waals surface area contributed by atoms with E-state index in [9.17, 15) is 23.1 Å². The first kappa shape index (κ1) is 15.2. The first-order valence-electron chi connectivity index (χ1n) is 6.78. The first-order valence-corrected chi connectivity index (χ1v) is 6.78. The van der Waals surface area contributed by atoms with E-state index in [-0.39, 0.29) is 24.0 Å². The Morgan fingerprint density at radius 3 is 2.48 bits per heavy atom. The topological polar surface area (TPSA) is 49.8 Å². The molecule has 23 heavy (non-hydrogen) atoms. The van der Waals surface area contributed by atoms with E-state index in [1.165, 1.54) is 36.4 Å². The van der Waals surface area contributed by atoms with Crippen LogP contribution < -0.4 is 4.74 Å². The van der Waals surface area contributed by atoms with Gasteiger partial charge in [-0.25, -0.2) is 0 Å². The van der Waals surface area contributed by atoms with Crippen LogP contribution in [0.25, 0.3) is 0 Å². The molecule has 0 bridgehead atoms. The summed E-state index contributed by atoms with van der Waals surface area (Å²) in [6.45, 7) is 0.615. The molecule has 1 aliphatic heterocycles. The molecule has 120 valence electrons. The maximum atomic E-state index is 12.2. The predicted octanol–water partition coefficient (Wildman–Crippen LogP) is 3.45. The Morgan fingerprint density at radius 2 is 1.83 bits per heavy atom. The molecule has 2 aromatic rings. The quantitative estimate of drug-likeness (QED) is 0.941. The zero-order chi connectivity index (χ0) is 16.6. The van der Waals surface area contributed by atoms with Crippen molar-refractivity contribution in [1.82, 2.24) is 4.90 Å². The predicted molar refractivity (Wildman–Crippen MR) is 74.8 cm³/mol. The van der Waals surface area contributed by atoms with Crippen LogP contribution in [0.1, 0.15) is 21.5 Å². The van der Waals surface area contributed by atoms with Gasteiger partial charge < -0.3 is 14.7 Å². The van der Waals surface area contributed by atoms with Crippen molar-refractivity contribution in [1.29, 1.82) is 0 Å². The first-order chi connectivity index (χ1) is 10.8. The number of halogens is 3. The molecule has 1 heterocycles. The van der Waals surface area contributed by atoms with Crippen LogP contribution in [0.3, 0.4) is 0 Å². The van der Waals surface area contributed by atoms with Crippen LogP contribution in [0.15, 0.2) is 42.5 Å². The van der Waals surface area contributed by atoms with Gasteiger partial charge in [-0.3, -0.25) is 4.79 Å². The van der Waals surface area contributed by atoms with Gasteiger partial charge in [0.1, 0.15) is 11.5 Å². The maximum Gasteiger partial charge on any atom is 0.573 e. The second-order valence-electron chi connectivity index (χ2n) is 5.19. The average Bonchev–Trinajstić information content (AvgIpc) is 2.75. The van der Waals surface area contributed by atoms with Crippen LogP contribution in [0, 0.1) is 0 Å². The molecular weight excluding hydrogens is 311 g/mol. The molecule has 0 aromatic heterocycles. The van der Waals surface area contributed by atoms with E-state index >= 15 is 0 Å². The van der Waals surface area contributed by atoms with Crippen LogP contribution in [0.5, 0.6) is 11.5 Å². The highest BCUT2D eigenvalue weighted by Gasteiger charge is 2.31. The zero-order valence-corrected chi connectivity index (χ0v) is 11.8. The molecule has 1 amide bonds. The molecule has 2 aromatic carbocycles. The van der Waals surface area contributed by atoms with Crippen LogP contribution in [0.4, 0.5) is 13.2 Å². The number of fused-ring (bicyclic) bond motifs is 1. The molecule has 3 rings (SSSR count). The standard InChI is InChI=1S/C16H12F3NO3/c17-16(18,19)23-13-4-1-10(2-5-13)8-20-9-11-7-12(21)3-6-14(11)15(20)22/h1-7,21H,8-9H2. The Morgan fingerprint density at radius 1 is 1.13 bits per heavy atom. The lowest BCUT2D eigenvalue weighted by molar-refractivity contribution is -0.274. The molecule has 0 radical (unpaired) electrons. The highest BCUT2D eigenvalue weighted by Crippen LogP contribution is 2.28. The smallest absolute Gasteiger partial charge is 0.508 e. The van der Waals surface area contributed by atoms with Crippen LogP contribution >= 0.6 is 0 Å². The highest BCUT2D eigenvalue weighted by molar-refractivity contribution is 5.98. The number of hydrogen-bond donors (Lipinski definition) is 1. The van der Waals surface area contributed by atoms with E-state index in [4.69, 9.17) is 0 Å². The Hall–Kier alpha value is -2.70. The summed E-state index contributed by atoms with van der Waals surface area (Å²) in [5.41, 5.74) is 1.94. The van der Waals surface area contributed by atoms with Gasteiger partial charge in [0.05, 0.1) is 0 Å². The zero-order valence-electron chi connectivity index (χ0n) is 11.8. The van der Waals surface area contributed by atoms with E-state index < -0.39 is 6.36 Å². The molecule has 0 saturated carbocycles.